The monoisotopic (exact) mass is 237 g/mol. The molecule has 1 aromatic heterocycles. The molecule has 4 nitrogen and oxygen atoms in total. The second kappa shape index (κ2) is 4.59. The van der Waals surface area contributed by atoms with Crippen LogP contribution in [0.2, 0.25) is 0 Å². The van der Waals surface area contributed by atoms with Crippen LogP contribution in [0.15, 0.2) is 45.9 Å². The molecule has 1 atom stereocenters. The van der Waals surface area contributed by atoms with Crippen LogP contribution in [-0.2, 0) is 17.6 Å². The Morgan fingerprint density at radius 1 is 1.38 bits per heavy atom. The summed E-state index contributed by atoms with van der Waals surface area (Å²) in [6, 6.07) is 10.9. The lowest BCUT2D eigenvalue weighted by Gasteiger charge is -1.94. The van der Waals surface area contributed by atoms with Crippen LogP contribution in [0.1, 0.15) is 6.92 Å². The van der Waals surface area contributed by atoms with Crippen molar-refractivity contribution in [3.63, 3.8) is 0 Å². The van der Waals surface area contributed by atoms with E-state index in [-0.39, 0.29) is 5.03 Å². The average Bonchev–Trinajstić information content (AvgIpc) is 2.74. The zero-order valence-corrected chi connectivity index (χ0v) is 9.57. The summed E-state index contributed by atoms with van der Waals surface area (Å²) >= 11 is -2.27. The van der Waals surface area contributed by atoms with Crippen molar-refractivity contribution in [2.24, 2.45) is 0 Å². The summed E-state index contributed by atoms with van der Waals surface area (Å²) in [6.45, 7) is 2.31. The zero-order valence-electron chi connectivity index (χ0n) is 8.75. The number of aromatic nitrogens is 1. The van der Waals surface area contributed by atoms with E-state index in [1.165, 1.54) is 10.8 Å². The minimum atomic E-state index is -2.27. The summed E-state index contributed by atoms with van der Waals surface area (Å²) in [5.41, 5.74) is 0.862. The normalized spacial score (nSPS) is 12.6. The lowest BCUT2D eigenvalue weighted by Crippen LogP contribution is -2.34. The Balaban J connectivity index is 2.48. The van der Waals surface area contributed by atoms with Gasteiger partial charge in [0, 0.05) is 16.6 Å². The number of nitrogens with zero attached hydrogens (tertiary/aromatic N) is 1. The molecule has 0 N–H and O–H groups in total. The summed E-state index contributed by atoms with van der Waals surface area (Å²) < 4.78 is 28.7. The minimum absolute atomic E-state index is 0.168. The molecular weight excluding hydrogens is 226 g/mol. The fourth-order valence-electron chi connectivity index (χ4n) is 1.46. The van der Waals surface area contributed by atoms with E-state index < -0.39 is 11.1 Å². The lowest BCUT2D eigenvalue weighted by atomic mass is 10.2. The van der Waals surface area contributed by atoms with Gasteiger partial charge in [-0.05, 0) is 11.7 Å². The molecule has 0 spiro atoms. The Morgan fingerprint density at radius 3 is 2.56 bits per heavy atom. The van der Waals surface area contributed by atoms with Gasteiger partial charge in [0.2, 0.25) is 5.76 Å². The van der Waals surface area contributed by atoms with Crippen LogP contribution in [0.25, 0.3) is 11.3 Å². The number of benzene rings is 1. The largest absolute Gasteiger partial charge is 0.764 e. The third-order valence-corrected chi connectivity index (χ3v) is 2.89. The third-order valence-electron chi connectivity index (χ3n) is 2.23. The topological polar surface area (TPSA) is 57.2 Å². The van der Waals surface area contributed by atoms with E-state index in [1.807, 2.05) is 37.3 Å². The van der Waals surface area contributed by atoms with E-state index >= 15 is 0 Å². The van der Waals surface area contributed by atoms with E-state index in [4.69, 9.17) is 4.52 Å². The van der Waals surface area contributed by atoms with E-state index in [0.717, 1.165) is 5.56 Å². The molecule has 0 aliphatic heterocycles. The molecule has 5 heteroatoms. The predicted molar refractivity (Wildman–Crippen MR) is 57.2 cm³/mol. The molecule has 0 saturated carbocycles. The van der Waals surface area contributed by atoms with E-state index in [0.29, 0.717) is 12.3 Å². The molecule has 84 valence electrons. The zero-order chi connectivity index (χ0) is 11.5. The minimum Gasteiger partial charge on any atom is -0.764 e. The summed E-state index contributed by atoms with van der Waals surface area (Å²) in [7, 11) is 0. The summed E-state index contributed by atoms with van der Waals surface area (Å²) in [5, 5.41) is 0.168. The van der Waals surface area contributed by atoms with E-state index in [2.05, 4.69) is 0 Å². The molecule has 0 bridgehead atoms. The number of hydrogen-bond donors (Lipinski definition) is 0. The Kier molecular flexibility index (Phi) is 3.17. The van der Waals surface area contributed by atoms with Crippen LogP contribution in [0.4, 0.5) is 0 Å². The molecule has 2 rings (SSSR count). The molecule has 1 heterocycles. The number of rotatable bonds is 3. The van der Waals surface area contributed by atoms with Crippen molar-refractivity contribution in [3.8, 4) is 11.3 Å². The molecular formula is C11H11NO3S. The SMILES string of the molecule is CC[n+]1oc(-c2ccccc2)cc1S(=O)[O-]. The van der Waals surface area contributed by atoms with E-state index in [1.54, 1.807) is 0 Å². The van der Waals surface area contributed by atoms with Crippen LogP contribution >= 0.6 is 0 Å². The highest BCUT2D eigenvalue weighted by Gasteiger charge is 2.19. The first-order chi connectivity index (χ1) is 7.72. The quantitative estimate of drug-likeness (QED) is 0.600. The Hall–Kier alpha value is -1.46. The maximum absolute atomic E-state index is 10.9. The summed E-state index contributed by atoms with van der Waals surface area (Å²) in [5.74, 6) is 0.557. The first kappa shape index (κ1) is 11.0. The van der Waals surface area contributed by atoms with Crippen molar-refractivity contribution in [3.05, 3.63) is 36.4 Å². The molecule has 0 amide bonds. The molecule has 1 unspecified atom stereocenters. The standard InChI is InChI=1S/C11H11NO3S/c1-2-12-11(16(13)14)8-10(15-12)9-6-4-3-5-7-9/h3-8H,2H2,1H3. The van der Waals surface area contributed by atoms with Gasteiger partial charge in [0.15, 0.2) is 6.54 Å². The molecule has 0 fully saturated rings. The third kappa shape index (κ3) is 2.05. The van der Waals surface area contributed by atoms with Crippen molar-refractivity contribution in [1.82, 2.24) is 0 Å². The van der Waals surface area contributed by atoms with Crippen molar-refractivity contribution in [2.45, 2.75) is 18.5 Å². The second-order valence-electron chi connectivity index (χ2n) is 3.23. The fraction of sp³-hybridized carbons (Fsp3) is 0.182. The Morgan fingerprint density at radius 2 is 2.06 bits per heavy atom. The first-order valence-corrected chi connectivity index (χ1v) is 5.98. The van der Waals surface area contributed by atoms with Crippen LogP contribution in [0.3, 0.4) is 0 Å². The van der Waals surface area contributed by atoms with Crippen LogP contribution in [-0.4, -0.2) is 8.76 Å². The lowest BCUT2D eigenvalue weighted by molar-refractivity contribution is -0.888. The summed E-state index contributed by atoms with van der Waals surface area (Å²) in [6.07, 6.45) is 0. The van der Waals surface area contributed by atoms with E-state index in [9.17, 15) is 8.76 Å². The molecule has 0 aliphatic carbocycles. The van der Waals surface area contributed by atoms with Crippen LogP contribution in [0, 0.1) is 0 Å². The molecule has 16 heavy (non-hydrogen) atoms. The summed E-state index contributed by atoms with van der Waals surface area (Å²) in [4.78, 5) is 0. The van der Waals surface area contributed by atoms with Crippen molar-refractivity contribution >= 4 is 11.1 Å². The van der Waals surface area contributed by atoms with Crippen molar-refractivity contribution in [1.29, 1.82) is 0 Å². The predicted octanol–water partition coefficient (Wildman–Crippen LogP) is 1.49. The van der Waals surface area contributed by atoms with Crippen molar-refractivity contribution in [2.75, 3.05) is 0 Å². The van der Waals surface area contributed by atoms with Gasteiger partial charge in [-0.25, -0.2) is 4.52 Å². The van der Waals surface area contributed by atoms with Gasteiger partial charge >= 0.3 is 5.03 Å². The van der Waals surface area contributed by atoms with Gasteiger partial charge in [-0.15, -0.1) is 0 Å². The highest BCUT2D eigenvalue weighted by Crippen LogP contribution is 2.19. The first-order valence-electron chi connectivity index (χ1n) is 4.91. The highest BCUT2D eigenvalue weighted by atomic mass is 32.2. The maximum atomic E-state index is 10.9. The Bertz CT molecular complexity index is 507. The van der Waals surface area contributed by atoms with Gasteiger partial charge in [-0.2, -0.15) is 0 Å². The Labute approximate surface area is 95.8 Å². The number of hydrogen-bond acceptors (Lipinski definition) is 3. The van der Waals surface area contributed by atoms with Gasteiger partial charge in [-0.1, -0.05) is 30.3 Å². The van der Waals surface area contributed by atoms with Gasteiger partial charge < -0.3 is 4.55 Å². The molecule has 2 aromatic rings. The maximum Gasteiger partial charge on any atom is 0.305 e. The van der Waals surface area contributed by atoms with Crippen LogP contribution in [0.5, 0.6) is 0 Å². The fourth-order valence-corrected chi connectivity index (χ4v) is 2.00. The molecule has 1 aromatic carbocycles. The molecule has 0 aliphatic rings. The highest BCUT2D eigenvalue weighted by molar-refractivity contribution is 7.78. The van der Waals surface area contributed by atoms with Gasteiger partial charge in [0.1, 0.15) is 0 Å². The second-order valence-corrected chi connectivity index (χ2v) is 4.12. The average molecular weight is 237 g/mol. The van der Waals surface area contributed by atoms with Gasteiger partial charge in [0.25, 0.3) is 0 Å². The van der Waals surface area contributed by atoms with Crippen molar-refractivity contribution < 1.29 is 18.0 Å². The van der Waals surface area contributed by atoms with Crippen LogP contribution < -0.4 is 4.74 Å². The smallest absolute Gasteiger partial charge is 0.305 e. The number of aryl methyl sites for hydroxylation is 1. The van der Waals surface area contributed by atoms with Gasteiger partial charge in [0.05, 0.1) is 6.07 Å². The molecule has 0 saturated heterocycles. The molecule has 0 radical (unpaired) electrons. The van der Waals surface area contributed by atoms with Gasteiger partial charge in [-0.3, -0.25) is 4.21 Å².